The predicted octanol–water partition coefficient (Wildman–Crippen LogP) is 9.44. The second-order valence-corrected chi connectivity index (χ2v) is 20.5. The van der Waals surface area contributed by atoms with E-state index in [2.05, 4.69) is 40.4 Å². The summed E-state index contributed by atoms with van der Waals surface area (Å²) in [6.07, 6.45) is 7.00. The van der Waals surface area contributed by atoms with Gasteiger partial charge in [-0.3, -0.25) is 9.59 Å². The number of phenolic OH excluding ortho intramolecular Hbond substituents is 1. The van der Waals surface area contributed by atoms with Crippen LogP contribution in [0.25, 0.3) is 55.1 Å². The third-order valence-electron chi connectivity index (χ3n) is 14.8. The number of aromatic nitrogens is 5. The third kappa shape index (κ3) is 11.2. The Morgan fingerprint density at radius 2 is 1.53 bits per heavy atom. The summed E-state index contributed by atoms with van der Waals surface area (Å²) in [6, 6.07) is 24.2. The van der Waals surface area contributed by atoms with Gasteiger partial charge in [-0.2, -0.15) is 15.0 Å². The van der Waals surface area contributed by atoms with Gasteiger partial charge in [0.1, 0.15) is 22.9 Å². The van der Waals surface area contributed by atoms with Crippen LogP contribution in [0.1, 0.15) is 62.7 Å². The van der Waals surface area contributed by atoms with Gasteiger partial charge in [0.05, 0.1) is 54.6 Å². The zero-order chi connectivity index (χ0) is 52.9. The maximum atomic E-state index is 17.1. The summed E-state index contributed by atoms with van der Waals surface area (Å²) >= 11 is 6.95. The Morgan fingerprint density at radius 1 is 0.789 bits per heavy atom. The Kier molecular flexibility index (Phi) is 16.1. The van der Waals surface area contributed by atoms with Gasteiger partial charge in [0, 0.05) is 81.5 Å². The number of hydrogen-bond donors (Lipinski definition) is 2. The van der Waals surface area contributed by atoms with Crippen LogP contribution in [0.5, 0.6) is 5.75 Å². The number of pyridine rings is 1. The Balaban J connectivity index is 0.751. The number of unbranched alkanes of at least 4 members (excludes halogenated alkanes) is 5. The average molecular weight is 1050 g/mol. The minimum Gasteiger partial charge on any atom is -0.508 e. The molecule has 396 valence electrons. The number of carbonyl (C=O) groups excluding carboxylic acids is 2. The number of hydrogen-bond acceptors (Lipinski definition) is 14. The van der Waals surface area contributed by atoms with Gasteiger partial charge in [0.15, 0.2) is 11.5 Å². The first-order valence-electron chi connectivity index (χ1n) is 26.5. The van der Waals surface area contributed by atoms with Crippen LogP contribution in [0.2, 0.25) is 5.02 Å². The standard InChI is InChI=1S/C58H65ClFN11O5/c1-5-49(73)68-23-25-69(26-24-68)54-46-34-47(59)50(45-33-42(72)32-39-15-10-11-18-43(39)45)51(60)52(46)63-57(65-54)67(4)22-13-9-7-6-8-12-21-61-56(74)41-17-14-16-40(31-41)48-20-19-44-53(62-48)64-58(71-28-30-76-36-38(71)3)66-55(44)70-27-29-75-35-37(70)2/h5,10-11,14-20,31-34,37-38,72H,1,6-9,12-13,21-30,35-36H2,2-4H3,(H,61,74)/t37-,38-/m1/s1. The molecule has 10 rings (SSSR count). The second kappa shape index (κ2) is 23.4. The normalized spacial score (nSPS) is 17.2. The van der Waals surface area contributed by atoms with Crippen LogP contribution in [0.4, 0.5) is 27.9 Å². The lowest BCUT2D eigenvalue weighted by atomic mass is 9.96. The number of nitrogens with zero attached hydrogens (tertiary/aromatic N) is 10. The van der Waals surface area contributed by atoms with E-state index in [0.29, 0.717) is 112 Å². The quantitative estimate of drug-likeness (QED) is 0.0654. The molecule has 6 heterocycles. The maximum Gasteiger partial charge on any atom is 0.251 e. The highest BCUT2D eigenvalue weighted by Gasteiger charge is 2.30. The van der Waals surface area contributed by atoms with Crippen molar-refractivity contribution in [1.82, 2.24) is 35.1 Å². The molecule has 3 aromatic heterocycles. The minimum atomic E-state index is -0.600. The molecular weight excluding hydrogens is 985 g/mol. The lowest BCUT2D eigenvalue weighted by Gasteiger charge is -2.37. The molecule has 3 aliphatic rings. The fraction of sp³-hybridized carbons (Fsp3) is 0.397. The molecule has 0 aliphatic carbocycles. The molecule has 7 aromatic rings. The Morgan fingerprint density at radius 3 is 2.29 bits per heavy atom. The van der Waals surface area contributed by atoms with Gasteiger partial charge in [0.2, 0.25) is 17.8 Å². The molecule has 3 saturated heterocycles. The highest BCUT2D eigenvalue weighted by atomic mass is 35.5. The second-order valence-electron chi connectivity index (χ2n) is 20.1. The number of phenols is 1. The summed E-state index contributed by atoms with van der Waals surface area (Å²) in [6.45, 7) is 14.9. The van der Waals surface area contributed by atoms with Crippen molar-refractivity contribution in [2.24, 2.45) is 0 Å². The van der Waals surface area contributed by atoms with Crippen LogP contribution in [0.15, 0.2) is 91.5 Å². The van der Waals surface area contributed by atoms with Gasteiger partial charge >= 0.3 is 0 Å². The molecule has 76 heavy (non-hydrogen) atoms. The Hall–Kier alpha value is -7.21. The molecule has 18 heteroatoms. The molecule has 0 saturated carbocycles. The molecule has 16 nitrogen and oxygen atoms in total. The van der Waals surface area contributed by atoms with E-state index in [9.17, 15) is 14.7 Å². The van der Waals surface area contributed by atoms with Crippen LogP contribution in [0.3, 0.4) is 0 Å². The lowest BCUT2D eigenvalue weighted by Crippen LogP contribution is -2.48. The highest BCUT2D eigenvalue weighted by Crippen LogP contribution is 2.43. The predicted molar refractivity (Wildman–Crippen MR) is 299 cm³/mol. The van der Waals surface area contributed by atoms with E-state index < -0.39 is 5.82 Å². The minimum absolute atomic E-state index is 0.000785. The molecule has 0 radical (unpaired) electrons. The summed E-state index contributed by atoms with van der Waals surface area (Å²) in [5.41, 5.74) is 3.48. The fourth-order valence-electron chi connectivity index (χ4n) is 10.6. The molecule has 0 unspecified atom stereocenters. The number of morpholine rings is 2. The Bertz CT molecular complexity index is 3280. The molecule has 0 spiro atoms. The summed E-state index contributed by atoms with van der Waals surface area (Å²) in [7, 11) is 1.92. The largest absolute Gasteiger partial charge is 0.508 e. The third-order valence-corrected chi connectivity index (χ3v) is 15.1. The van der Waals surface area contributed by atoms with E-state index in [1.807, 2.05) is 72.6 Å². The van der Waals surface area contributed by atoms with Gasteiger partial charge in [-0.25, -0.2) is 14.4 Å². The van der Waals surface area contributed by atoms with E-state index in [4.69, 9.17) is 46.0 Å². The summed E-state index contributed by atoms with van der Waals surface area (Å²) in [5.74, 6) is 1.55. The van der Waals surface area contributed by atoms with Crippen LogP contribution in [-0.2, 0) is 14.3 Å². The van der Waals surface area contributed by atoms with Crippen molar-refractivity contribution >= 4 is 79.7 Å². The van der Waals surface area contributed by atoms with E-state index in [1.165, 1.54) is 12.1 Å². The number of anilines is 4. The topological polar surface area (TPSA) is 166 Å². The van der Waals surface area contributed by atoms with Crippen LogP contribution < -0.4 is 24.9 Å². The van der Waals surface area contributed by atoms with E-state index >= 15 is 4.39 Å². The van der Waals surface area contributed by atoms with Gasteiger partial charge in [-0.1, -0.05) is 80.3 Å². The first-order chi connectivity index (χ1) is 36.9. The van der Waals surface area contributed by atoms with Crippen molar-refractivity contribution in [2.45, 2.75) is 64.5 Å². The number of benzene rings is 4. The fourth-order valence-corrected chi connectivity index (χ4v) is 10.9. The van der Waals surface area contributed by atoms with Crippen molar-refractivity contribution in [1.29, 1.82) is 0 Å². The number of halogens is 2. The summed E-state index contributed by atoms with van der Waals surface area (Å²) in [5, 5.41) is 16.8. The van der Waals surface area contributed by atoms with Crippen LogP contribution in [0, 0.1) is 5.82 Å². The molecule has 2 N–H and O–H groups in total. The number of piperazine rings is 1. The number of carbonyl (C=O) groups is 2. The lowest BCUT2D eigenvalue weighted by molar-refractivity contribution is -0.126. The van der Waals surface area contributed by atoms with Crippen molar-refractivity contribution in [3.05, 3.63) is 108 Å². The number of aromatic hydroxyl groups is 1. The van der Waals surface area contributed by atoms with Crippen molar-refractivity contribution < 1.29 is 28.6 Å². The summed E-state index contributed by atoms with van der Waals surface area (Å²) < 4.78 is 28.6. The molecule has 2 amide bonds. The Labute approximate surface area is 447 Å². The molecular formula is C58H65ClFN11O5. The zero-order valence-corrected chi connectivity index (χ0v) is 44.2. The molecule has 4 aromatic carbocycles. The van der Waals surface area contributed by atoms with Crippen LogP contribution in [-0.4, -0.2) is 145 Å². The van der Waals surface area contributed by atoms with E-state index in [0.717, 1.165) is 78.3 Å². The highest BCUT2D eigenvalue weighted by molar-refractivity contribution is 6.35. The number of nitrogens with one attached hydrogen (secondary N) is 1. The van der Waals surface area contributed by atoms with E-state index in [-0.39, 0.29) is 45.8 Å². The number of ether oxygens (including phenoxy) is 2. The smallest absolute Gasteiger partial charge is 0.251 e. The monoisotopic (exact) mass is 1050 g/mol. The molecule has 3 fully saturated rings. The van der Waals surface area contributed by atoms with Crippen molar-refractivity contribution in [3.63, 3.8) is 0 Å². The van der Waals surface area contributed by atoms with Crippen molar-refractivity contribution in [2.75, 3.05) is 105 Å². The number of fused-ring (bicyclic) bond motifs is 3. The molecule has 2 atom stereocenters. The van der Waals surface area contributed by atoms with Gasteiger partial charge in [-0.15, -0.1) is 0 Å². The summed E-state index contributed by atoms with van der Waals surface area (Å²) in [4.78, 5) is 61.2. The zero-order valence-electron chi connectivity index (χ0n) is 43.5. The average Bonchev–Trinajstić information content (AvgIpc) is 3.46. The number of rotatable bonds is 17. The maximum absolute atomic E-state index is 17.1. The van der Waals surface area contributed by atoms with Gasteiger partial charge in [0.25, 0.3) is 5.91 Å². The molecule has 3 aliphatic heterocycles. The first kappa shape index (κ1) is 52.2. The van der Waals surface area contributed by atoms with Crippen molar-refractivity contribution in [3.8, 4) is 28.1 Å². The molecule has 0 bridgehead atoms. The first-order valence-corrected chi connectivity index (χ1v) is 26.9. The van der Waals surface area contributed by atoms with Crippen LogP contribution >= 0.6 is 11.6 Å². The SMILES string of the molecule is C=CC(=O)N1CCN(c2nc(N(C)CCCCCCCCNC(=O)c3cccc(-c4ccc5c(N6CCOC[C@H]6C)nc(N6CCOC[C@H]6C)nc5n4)c3)nc3c(F)c(-c4cc(O)cc5ccccc45)c(Cl)cc23)CC1. The van der Waals surface area contributed by atoms with E-state index in [1.54, 1.807) is 17.0 Å². The number of amides is 2. The van der Waals surface area contributed by atoms with Gasteiger partial charge < -0.3 is 44.4 Å². The van der Waals surface area contributed by atoms with Gasteiger partial charge in [-0.05, 0) is 91.6 Å².